The number of carbonyl (C=O) groups is 1. The smallest absolute Gasteiger partial charge is 0.248 e. The highest BCUT2D eigenvalue weighted by Crippen LogP contribution is 2.30. The number of nitrogens with one attached hydrogen (secondary N) is 1. The van der Waals surface area contributed by atoms with Gasteiger partial charge in [0.25, 0.3) is 0 Å². The molecule has 0 radical (unpaired) electrons. The zero-order valence-corrected chi connectivity index (χ0v) is 12.4. The number of nitrogens with two attached hydrogens (primary N) is 1. The van der Waals surface area contributed by atoms with Crippen LogP contribution in [0.5, 0.6) is 0 Å². The van der Waals surface area contributed by atoms with Crippen molar-refractivity contribution in [1.29, 1.82) is 0 Å². The van der Waals surface area contributed by atoms with Crippen LogP contribution in [0.2, 0.25) is 10.0 Å². The zero-order chi connectivity index (χ0) is 14.7. The molecule has 104 valence electrons. The van der Waals surface area contributed by atoms with Gasteiger partial charge in [0.2, 0.25) is 5.91 Å². The summed E-state index contributed by atoms with van der Waals surface area (Å²) in [6, 6.07) is 10.7. The summed E-state index contributed by atoms with van der Waals surface area (Å²) in [5.41, 5.74) is 8.48. The molecule has 3 N–H and O–H groups in total. The number of benzene rings is 2. The number of carbonyl (C=O) groups excluding carboxylic acids is 1. The molecule has 0 aliphatic heterocycles. The highest BCUT2D eigenvalue weighted by Gasteiger charge is 2.07. The summed E-state index contributed by atoms with van der Waals surface area (Å²) >= 11 is 12.2. The van der Waals surface area contributed by atoms with Crippen LogP contribution in [0.4, 0.5) is 5.69 Å². The van der Waals surface area contributed by atoms with E-state index in [1.165, 1.54) is 0 Å². The van der Waals surface area contributed by atoms with Crippen LogP contribution in [0, 0.1) is 6.92 Å². The molecular formula is C15H14Cl2N2O. The van der Waals surface area contributed by atoms with Crippen LogP contribution in [-0.2, 0) is 6.54 Å². The van der Waals surface area contributed by atoms with Gasteiger partial charge in [-0.1, -0.05) is 35.3 Å². The van der Waals surface area contributed by atoms with E-state index in [4.69, 9.17) is 28.9 Å². The van der Waals surface area contributed by atoms with Crippen molar-refractivity contribution in [2.45, 2.75) is 13.5 Å². The molecule has 5 heteroatoms. The van der Waals surface area contributed by atoms with Gasteiger partial charge < -0.3 is 11.1 Å². The standard InChI is InChI=1S/C15H14Cl2N2O/c1-9-7-10(15(18)20)5-6-11(9)8-19-14-12(16)3-2-4-13(14)17/h2-7,19H,8H2,1H3,(H2,18,20). The lowest BCUT2D eigenvalue weighted by Crippen LogP contribution is -2.12. The van der Waals surface area contributed by atoms with Crippen molar-refractivity contribution >= 4 is 34.8 Å². The highest BCUT2D eigenvalue weighted by molar-refractivity contribution is 6.39. The number of hydrogen-bond donors (Lipinski definition) is 2. The molecule has 0 aliphatic rings. The van der Waals surface area contributed by atoms with Crippen LogP contribution in [0.25, 0.3) is 0 Å². The van der Waals surface area contributed by atoms with Gasteiger partial charge in [0.15, 0.2) is 0 Å². The first-order valence-electron chi connectivity index (χ1n) is 6.06. The first-order valence-corrected chi connectivity index (χ1v) is 6.82. The van der Waals surface area contributed by atoms with Crippen molar-refractivity contribution in [3.8, 4) is 0 Å². The maximum atomic E-state index is 11.1. The first kappa shape index (κ1) is 14.7. The Kier molecular flexibility index (Phi) is 4.53. The predicted molar refractivity (Wildman–Crippen MR) is 83.5 cm³/mol. The normalized spacial score (nSPS) is 10.3. The molecule has 0 bridgehead atoms. The average molecular weight is 309 g/mol. The number of primary amides is 1. The molecule has 0 heterocycles. The Bertz CT molecular complexity index is 636. The number of hydrogen-bond acceptors (Lipinski definition) is 2. The Balaban J connectivity index is 2.17. The molecule has 2 rings (SSSR count). The second-order valence-corrected chi connectivity index (χ2v) is 5.27. The van der Waals surface area contributed by atoms with Gasteiger partial charge in [-0.05, 0) is 42.3 Å². The minimum absolute atomic E-state index is 0.429. The molecule has 0 saturated heterocycles. The molecule has 1 amide bonds. The lowest BCUT2D eigenvalue weighted by atomic mass is 10.0. The topological polar surface area (TPSA) is 55.1 Å². The van der Waals surface area contributed by atoms with Crippen molar-refractivity contribution in [2.24, 2.45) is 5.73 Å². The Morgan fingerprint density at radius 2 is 1.85 bits per heavy atom. The number of para-hydroxylation sites is 1. The van der Waals surface area contributed by atoms with Gasteiger partial charge in [-0.25, -0.2) is 0 Å². The summed E-state index contributed by atoms with van der Waals surface area (Å²) in [6.45, 7) is 2.49. The van der Waals surface area contributed by atoms with E-state index >= 15 is 0 Å². The fraction of sp³-hybridized carbons (Fsp3) is 0.133. The molecule has 0 atom stereocenters. The van der Waals surface area contributed by atoms with E-state index in [1.807, 2.05) is 13.0 Å². The number of anilines is 1. The van der Waals surface area contributed by atoms with Crippen molar-refractivity contribution in [3.63, 3.8) is 0 Å². The molecular weight excluding hydrogens is 295 g/mol. The minimum atomic E-state index is -0.429. The third-order valence-electron chi connectivity index (χ3n) is 3.05. The summed E-state index contributed by atoms with van der Waals surface area (Å²) in [5, 5.41) is 4.35. The monoisotopic (exact) mass is 308 g/mol. The maximum absolute atomic E-state index is 11.1. The average Bonchev–Trinajstić information content (AvgIpc) is 2.39. The van der Waals surface area contributed by atoms with E-state index in [0.29, 0.717) is 27.8 Å². The molecule has 0 unspecified atom stereocenters. The highest BCUT2D eigenvalue weighted by atomic mass is 35.5. The molecule has 2 aromatic rings. The van der Waals surface area contributed by atoms with Gasteiger partial charge >= 0.3 is 0 Å². The predicted octanol–water partition coefficient (Wildman–Crippen LogP) is 4.01. The van der Waals surface area contributed by atoms with Gasteiger partial charge in [0, 0.05) is 12.1 Å². The van der Waals surface area contributed by atoms with Crippen LogP contribution in [0.3, 0.4) is 0 Å². The van der Waals surface area contributed by atoms with E-state index in [1.54, 1.807) is 30.3 Å². The van der Waals surface area contributed by atoms with E-state index in [9.17, 15) is 4.79 Å². The second kappa shape index (κ2) is 6.16. The van der Waals surface area contributed by atoms with Crippen molar-refractivity contribution < 1.29 is 4.79 Å². The number of rotatable bonds is 4. The molecule has 0 fully saturated rings. The van der Waals surface area contributed by atoms with Gasteiger partial charge in [-0.2, -0.15) is 0 Å². The Morgan fingerprint density at radius 1 is 1.20 bits per heavy atom. The summed E-state index contributed by atoms with van der Waals surface area (Å²) in [4.78, 5) is 11.1. The first-order chi connectivity index (χ1) is 9.49. The number of amides is 1. The Hall–Kier alpha value is -1.71. The Labute approximate surface area is 127 Å². The fourth-order valence-electron chi connectivity index (χ4n) is 1.90. The Morgan fingerprint density at radius 3 is 2.40 bits per heavy atom. The maximum Gasteiger partial charge on any atom is 0.248 e. The lowest BCUT2D eigenvalue weighted by molar-refractivity contribution is 0.1000. The fourth-order valence-corrected chi connectivity index (χ4v) is 2.43. The van der Waals surface area contributed by atoms with E-state index in [0.717, 1.165) is 11.1 Å². The third kappa shape index (κ3) is 3.24. The lowest BCUT2D eigenvalue weighted by Gasteiger charge is -2.12. The second-order valence-electron chi connectivity index (χ2n) is 4.46. The van der Waals surface area contributed by atoms with Crippen LogP contribution < -0.4 is 11.1 Å². The van der Waals surface area contributed by atoms with Crippen LogP contribution in [0.1, 0.15) is 21.5 Å². The molecule has 2 aromatic carbocycles. The van der Waals surface area contributed by atoms with E-state index in [-0.39, 0.29) is 0 Å². The number of aryl methyl sites for hydroxylation is 1. The van der Waals surface area contributed by atoms with Crippen molar-refractivity contribution in [2.75, 3.05) is 5.32 Å². The molecule has 3 nitrogen and oxygen atoms in total. The van der Waals surface area contributed by atoms with Crippen molar-refractivity contribution in [1.82, 2.24) is 0 Å². The summed E-state index contributed by atoms with van der Waals surface area (Å²) < 4.78 is 0. The van der Waals surface area contributed by atoms with E-state index < -0.39 is 5.91 Å². The molecule has 20 heavy (non-hydrogen) atoms. The largest absolute Gasteiger partial charge is 0.379 e. The SMILES string of the molecule is Cc1cc(C(N)=O)ccc1CNc1c(Cl)cccc1Cl. The van der Waals surface area contributed by atoms with Crippen molar-refractivity contribution in [3.05, 3.63) is 63.1 Å². The number of halogens is 2. The van der Waals surface area contributed by atoms with Crippen LogP contribution >= 0.6 is 23.2 Å². The quantitative estimate of drug-likeness (QED) is 0.896. The minimum Gasteiger partial charge on any atom is -0.379 e. The molecule has 0 aromatic heterocycles. The van der Waals surface area contributed by atoms with Gasteiger partial charge in [0.1, 0.15) is 0 Å². The van der Waals surface area contributed by atoms with Crippen LogP contribution in [0.15, 0.2) is 36.4 Å². The van der Waals surface area contributed by atoms with Crippen LogP contribution in [-0.4, -0.2) is 5.91 Å². The summed E-state index contributed by atoms with van der Waals surface area (Å²) in [6.07, 6.45) is 0. The third-order valence-corrected chi connectivity index (χ3v) is 3.68. The summed E-state index contributed by atoms with van der Waals surface area (Å²) in [7, 11) is 0. The van der Waals surface area contributed by atoms with Gasteiger partial charge in [-0.3, -0.25) is 4.79 Å². The van der Waals surface area contributed by atoms with Gasteiger partial charge in [0.05, 0.1) is 15.7 Å². The van der Waals surface area contributed by atoms with E-state index in [2.05, 4.69) is 5.32 Å². The summed E-state index contributed by atoms with van der Waals surface area (Å²) in [5.74, 6) is -0.429. The zero-order valence-electron chi connectivity index (χ0n) is 10.9. The molecule has 0 aliphatic carbocycles. The molecule has 0 saturated carbocycles. The van der Waals surface area contributed by atoms with Gasteiger partial charge in [-0.15, -0.1) is 0 Å². The molecule has 0 spiro atoms.